The lowest BCUT2D eigenvalue weighted by Crippen LogP contribution is -2.43. The van der Waals surface area contributed by atoms with E-state index in [1.54, 1.807) is 0 Å². The van der Waals surface area contributed by atoms with Crippen LogP contribution in [0.2, 0.25) is 0 Å². The first kappa shape index (κ1) is 14.9. The van der Waals surface area contributed by atoms with Crippen molar-refractivity contribution in [3.8, 4) is 0 Å². The van der Waals surface area contributed by atoms with Crippen LogP contribution in [-0.2, 0) is 9.84 Å². The molecule has 1 aromatic carbocycles. The molecular weight excluding hydrogens is 304 g/mol. The van der Waals surface area contributed by atoms with E-state index in [2.05, 4.69) is 10.6 Å². The molecule has 0 bridgehead atoms. The molecule has 0 spiro atoms. The number of hydrogen-bond donors (Lipinski definition) is 2. The molecule has 6 nitrogen and oxygen atoms in total. The van der Waals surface area contributed by atoms with Crippen LogP contribution in [0.15, 0.2) is 34.7 Å². The van der Waals surface area contributed by atoms with Gasteiger partial charge in [-0.15, -0.1) is 0 Å². The molecular formula is C15H18N2O4S. The topological polar surface area (TPSA) is 88.4 Å². The molecule has 1 aromatic heterocycles. The van der Waals surface area contributed by atoms with E-state index in [9.17, 15) is 13.2 Å². The Morgan fingerprint density at radius 3 is 2.82 bits per heavy atom. The molecule has 0 aliphatic carbocycles. The zero-order valence-electron chi connectivity index (χ0n) is 12.2. The number of hydrogen-bond acceptors (Lipinski definition) is 4. The van der Waals surface area contributed by atoms with E-state index >= 15 is 0 Å². The molecule has 2 atom stereocenters. The molecule has 22 heavy (non-hydrogen) atoms. The normalized spacial score (nSPS) is 21.6. The zero-order valence-corrected chi connectivity index (χ0v) is 13.0. The van der Waals surface area contributed by atoms with Gasteiger partial charge in [0.1, 0.15) is 11.3 Å². The number of carbonyl (C=O) groups is 1. The van der Waals surface area contributed by atoms with Crippen LogP contribution in [0.5, 0.6) is 0 Å². The standard InChI is InChI=1S/C15H18N2O4S/c1-10(14-8-11-4-2-3-5-13(11)21-14)16-15(18)17-12-6-7-22(19,20)9-12/h2-5,8,10,12H,6-7,9H2,1H3,(H2,16,17,18)/t10-,12+/m0/s1. The Kier molecular flexibility index (Phi) is 3.82. The largest absolute Gasteiger partial charge is 0.459 e. The van der Waals surface area contributed by atoms with Crippen LogP contribution < -0.4 is 10.6 Å². The number of para-hydroxylation sites is 1. The Hall–Kier alpha value is -2.02. The van der Waals surface area contributed by atoms with Crippen molar-refractivity contribution in [3.63, 3.8) is 0 Å². The van der Waals surface area contributed by atoms with Gasteiger partial charge >= 0.3 is 6.03 Å². The van der Waals surface area contributed by atoms with Crippen molar-refractivity contribution in [2.45, 2.75) is 25.4 Å². The average molecular weight is 322 g/mol. The molecule has 1 aliphatic heterocycles. The van der Waals surface area contributed by atoms with E-state index < -0.39 is 9.84 Å². The fraction of sp³-hybridized carbons (Fsp3) is 0.400. The highest BCUT2D eigenvalue weighted by Gasteiger charge is 2.29. The van der Waals surface area contributed by atoms with Crippen molar-refractivity contribution in [2.75, 3.05) is 11.5 Å². The van der Waals surface area contributed by atoms with Crippen LogP contribution in [0.3, 0.4) is 0 Å². The molecule has 2 aromatic rings. The number of nitrogens with one attached hydrogen (secondary N) is 2. The Labute approximate surface area is 128 Å². The Balaban J connectivity index is 1.61. The van der Waals surface area contributed by atoms with Gasteiger partial charge in [-0.2, -0.15) is 0 Å². The molecule has 118 valence electrons. The van der Waals surface area contributed by atoms with E-state index in [4.69, 9.17) is 4.42 Å². The van der Waals surface area contributed by atoms with Gasteiger partial charge in [-0.3, -0.25) is 0 Å². The summed E-state index contributed by atoms with van der Waals surface area (Å²) in [5.41, 5.74) is 0.772. The minimum absolute atomic E-state index is 0.0133. The number of carbonyl (C=O) groups excluding carboxylic acids is 1. The van der Waals surface area contributed by atoms with Gasteiger partial charge < -0.3 is 15.1 Å². The molecule has 2 N–H and O–H groups in total. The third-order valence-electron chi connectivity index (χ3n) is 3.79. The second kappa shape index (κ2) is 5.64. The number of urea groups is 1. The van der Waals surface area contributed by atoms with Crippen molar-refractivity contribution in [1.82, 2.24) is 10.6 Å². The summed E-state index contributed by atoms with van der Waals surface area (Å²) in [6, 6.07) is 8.52. The molecule has 2 amide bonds. The van der Waals surface area contributed by atoms with E-state index in [0.29, 0.717) is 12.2 Å². The summed E-state index contributed by atoms with van der Waals surface area (Å²) in [6.07, 6.45) is 0.467. The molecule has 7 heteroatoms. The van der Waals surface area contributed by atoms with Crippen molar-refractivity contribution in [3.05, 3.63) is 36.1 Å². The second-order valence-electron chi connectivity index (χ2n) is 5.63. The maximum Gasteiger partial charge on any atom is 0.315 e. The Morgan fingerprint density at radius 1 is 1.36 bits per heavy atom. The Bertz CT molecular complexity index is 764. The highest BCUT2D eigenvalue weighted by Crippen LogP contribution is 2.23. The fourth-order valence-corrected chi connectivity index (χ4v) is 4.29. The maximum absolute atomic E-state index is 12.0. The van der Waals surface area contributed by atoms with E-state index in [1.165, 1.54) is 0 Å². The average Bonchev–Trinajstić information content (AvgIpc) is 3.01. The van der Waals surface area contributed by atoms with Crippen LogP contribution in [0.4, 0.5) is 4.79 Å². The van der Waals surface area contributed by atoms with Crippen LogP contribution in [-0.4, -0.2) is 32.0 Å². The van der Waals surface area contributed by atoms with Crippen molar-refractivity contribution in [1.29, 1.82) is 0 Å². The first-order chi connectivity index (χ1) is 10.4. The molecule has 1 fully saturated rings. The summed E-state index contributed by atoms with van der Waals surface area (Å²) in [6.45, 7) is 1.82. The summed E-state index contributed by atoms with van der Waals surface area (Å²) in [5.74, 6) is 0.812. The minimum atomic E-state index is -3.00. The van der Waals surface area contributed by atoms with Crippen molar-refractivity contribution < 1.29 is 17.6 Å². The van der Waals surface area contributed by atoms with Crippen LogP contribution >= 0.6 is 0 Å². The lowest BCUT2D eigenvalue weighted by atomic mass is 10.2. The molecule has 0 unspecified atom stereocenters. The summed E-state index contributed by atoms with van der Waals surface area (Å²) < 4.78 is 28.5. The highest BCUT2D eigenvalue weighted by atomic mass is 32.2. The lowest BCUT2D eigenvalue weighted by molar-refractivity contribution is 0.233. The number of sulfone groups is 1. The fourth-order valence-electron chi connectivity index (χ4n) is 2.62. The monoisotopic (exact) mass is 322 g/mol. The third kappa shape index (κ3) is 3.24. The number of amides is 2. The van der Waals surface area contributed by atoms with Gasteiger partial charge in [0.2, 0.25) is 0 Å². The van der Waals surface area contributed by atoms with Gasteiger partial charge in [-0.05, 0) is 25.5 Å². The van der Waals surface area contributed by atoms with Gasteiger partial charge in [0.15, 0.2) is 9.84 Å². The summed E-state index contributed by atoms with van der Waals surface area (Å²) in [7, 11) is -3.00. The van der Waals surface area contributed by atoms with Crippen LogP contribution in [0.25, 0.3) is 11.0 Å². The SMILES string of the molecule is C[C@H](NC(=O)N[C@@H]1CCS(=O)(=O)C1)c1cc2ccccc2o1. The van der Waals surface area contributed by atoms with Crippen LogP contribution in [0, 0.1) is 0 Å². The smallest absolute Gasteiger partial charge is 0.315 e. The van der Waals surface area contributed by atoms with E-state index in [1.807, 2.05) is 37.3 Å². The minimum Gasteiger partial charge on any atom is -0.459 e. The predicted octanol–water partition coefficient (Wildman–Crippen LogP) is 1.98. The first-order valence-electron chi connectivity index (χ1n) is 7.19. The van der Waals surface area contributed by atoms with Crippen molar-refractivity contribution in [2.24, 2.45) is 0 Å². The zero-order chi connectivity index (χ0) is 15.7. The molecule has 1 aliphatic rings. The van der Waals surface area contributed by atoms with Gasteiger partial charge in [-0.25, -0.2) is 13.2 Å². The molecule has 0 radical (unpaired) electrons. The molecule has 3 rings (SSSR count). The maximum atomic E-state index is 12.0. The van der Waals surface area contributed by atoms with Crippen LogP contribution in [0.1, 0.15) is 25.1 Å². The molecule has 2 heterocycles. The second-order valence-corrected chi connectivity index (χ2v) is 7.85. The predicted molar refractivity (Wildman–Crippen MR) is 83.4 cm³/mol. The van der Waals surface area contributed by atoms with Crippen molar-refractivity contribution >= 4 is 26.8 Å². The summed E-state index contributed by atoms with van der Waals surface area (Å²) in [5, 5.41) is 6.45. The third-order valence-corrected chi connectivity index (χ3v) is 5.55. The number of rotatable bonds is 3. The number of fused-ring (bicyclic) bond motifs is 1. The first-order valence-corrected chi connectivity index (χ1v) is 9.01. The van der Waals surface area contributed by atoms with E-state index in [-0.39, 0.29) is 29.6 Å². The highest BCUT2D eigenvalue weighted by molar-refractivity contribution is 7.91. The number of furan rings is 1. The number of benzene rings is 1. The Morgan fingerprint density at radius 2 is 2.14 bits per heavy atom. The van der Waals surface area contributed by atoms with Gasteiger partial charge in [0.05, 0.1) is 17.5 Å². The molecule has 0 saturated carbocycles. The summed E-state index contributed by atoms with van der Waals surface area (Å²) >= 11 is 0. The lowest BCUT2D eigenvalue weighted by Gasteiger charge is -2.15. The quantitative estimate of drug-likeness (QED) is 0.904. The molecule has 1 saturated heterocycles. The van der Waals surface area contributed by atoms with Gasteiger partial charge in [-0.1, -0.05) is 18.2 Å². The summed E-state index contributed by atoms with van der Waals surface area (Å²) in [4.78, 5) is 12.0. The van der Waals surface area contributed by atoms with Gasteiger partial charge in [0, 0.05) is 11.4 Å². The van der Waals surface area contributed by atoms with E-state index in [0.717, 1.165) is 11.0 Å². The van der Waals surface area contributed by atoms with Gasteiger partial charge in [0.25, 0.3) is 0 Å².